The summed E-state index contributed by atoms with van der Waals surface area (Å²) in [5.74, 6) is 0.873. The van der Waals surface area contributed by atoms with Crippen LogP contribution in [0.25, 0.3) is 0 Å². The van der Waals surface area contributed by atoms with Crippen molar-refractivity contribution in [1.29, 1.82) is 0 Å². The van der Waals surface area contributed by atoms with Crippen LogP contribution in [0.1, 0.15) is 66.0 Å². The maximum Gasteiger partial charge on any atom is 0.0873 e. The molecular formula is C19H21NO. The van der Waals surface area contributed by atoms with E-state index in [0.29, 0.717) is 0 Å². The number of aryl methyl sites for hydroxylation is 1. The maximum absolute atomic E-state index is 10.9. The number of aliphatic hydroxyl groups is 1. The number of benzene rings is 1. The predicted octanol–water partition coefficient (Wildman–Crippen LogP) is 4.11. The number of nitrogens with zero attached hydrogens (tertiary/aromatic N) is 1. The molecule has 2 atom stereocenters. The molecular weight excluding hydrogens is 258 g/mol. The summed E-state index contributed by atoms with van der Waals surface area (Å²) >= 11 is 0. The monoisotopic (exact) mass is 279 g/mol. The average Bonchev–Trinajstić information content (AvgIpc) is 3.39. The van der Waals surface area contributed by atoms with Gasteiger partial charge < -0.3 is 5.11 Å². The minimum atomic E-state index is -0.433. The summed E-state index contributed by atoms with van der Waals surface area (Å²) in [6, 6.07) is 12.7. The first-order valence-corrected chi connectivity index (χ1v) is 8.04. The normalized spacial score (nSPS) is 22.6. The molecule has 2 aliphatic carbocycles. The summed E-state index contributed by atoms with van der Waals surface area (Å²) in [5, 5.41) is 10.9. The Labute approximate surface area is 125 Å². The van der Waals surface area contributed by atoms with Crippen LogP contribution >= 0.6 is 0 Å². The Balaban J connectivity index is 1.66. The van der Waals surface area contributed by atoms with E-state index in [1.165, 1.54) is 24.0 Å². The van der Waals surface area contributed by atoms with E-state index in [1.807, 2.05) is 12.3 Å². The first-order chi connectivity index (χ1) is 10.3. The quantitative estimate of drug-likeness (QED) is 0.917. The van der Waals surface area contributed by atoms with E-state index in [9.17, 15) is 5.11 Å². The molecule has 1 N–H and O–H groups in total. The molecule has 1 aromatic carbocycles. The topological polar surface area (TPSA) is 33.1 Å². The third-order valence-corrected chi connectivity index (χ3v) is 4.92. The minimum Gasteiger partial charge on any atom is -0.388 e. The van der Waals surface area contributed by atoms with Crippen molar-refractivity contribution in [3.8, 4) is 0 Å². The fourth-order valence-corrected chi connectivity index (χ4v) is 3.60. The molecule has 1 fully saturated rings. The molecule has 4 rings (SSSR count). The second kappa shape index (κ2) is 5.27. The molecule has 0 radical (unpaired) electrons. The maximum atomic E-state index is 10.9. The third-order valence-electron chi connectivity index (χ3n) is 4.92. The lowest BCUT2D eigenvalue weighted by Crippen LogP contribution is -2.18. The van der Waals surface area contributed by atoms with Crippen LogP contribution in [0.4, 0.5) is 0 Å². The van der Waals surface area contributed by atoms with Crippen molar-refractivity contribution in [3.63, 3.8) is 0 Å². The smallest absolute Gasteiger partial charge is 0.0873 e. The van der Waals surface area contributed by atoms with Gasteiger partial charge in [-0.15, -0.1) is 0 Å². The van der Waals surface area contributed by atoms with E-state index in [1.54, 1.807) is 0 Å². The van der Waals surface area contributed by atoms with E-state index in [0.717, 1.165) is 36.4 Å². The molecule has 0 amide bonds. The Hall–Kier alpha value is -1.67. The van der Waals surface area contributed by atoms with Crippen LogP contribution < -0.4 is 0 Å². The van der Waals surface area contributed by atoms with Crippen LogP contribution in [0.2, 0.25) is 0 Å². The van der Waals surface area contributed by atoms with Gasteiger partial charge in [0.15, 0.2) is 0 Å². The first-order valence-electron chi connectivity index (χ1n) is 8.04. The second-order valence-corrected chi connectivity index (χ2v) is 6.44. The highest BCUT2D eigenvalue weighted by Gasteiger charge is 2.30. The predicted molar refractivity (Wildman–Crippen MR) is 83.3 cm³/mol. The zero-order valence-electron chi connectivity index (χ0n) is 12.2. The molecule has 0 spiro atoms. The highest BCUT2D eigenvalue weighted by molar-refractivity contribution is 5.34. The van der Waals surface area contributed by atoms with Gasteiger partial charge in [0.05, 0.1) is 6.10 Å². The van der Waals surface area contributed by atoms with Gasteiger partial charge in [-0.2, -0.15) is 0 Å². The van der Waals surface area contributed by atoms with Gasteiger partial charge in [-0.1, -0.05) is 30.3 Å². The summed E-state index contributed by atoms with van der Waals surface area (Å²) in [4.78, 5) is 4.56. The van der Waals surface area contributed by atoms with E-state index in [-0.39, 0.29) is 5.92 Å². The minimum absolute atomic E-state index is 0.143. The van der Waals surface area contributed by atoms with Crippen molar-refractivity contribution < 1.29 is 5.11 Å². The summed E-state index contributed by atoms with van der Waals surface area (Å²) in [6.45, 7) is 0. The Morgan fingerprint density at radius 1 is 1.10 bits per heavy atom. The molecule has 2 unspecified atom stereocenters. The van der Waals surface area contributed by atoms with Crippen molar-refractivity contribution in [2.75, 3.05) is 0 Å². The molecule has 108 valence electrons. The van der Waals surface area contributed by atoms with Crippen molar-refractivity contribution in [2.24, 2.45) is 0 Å². The van der Waals surface area contributed by atoms with Crippen LogP contribution in [0.5, 0.6) is 0 Å². The van der Waals surface area contributed by atoms with E-state index < -0.39 is 6.10 Å². The Bertz CT molecular complexity index is 648. The van der Waals surface area contributed by atoms with Gasteiger partial charge in [-0.05, 0) is 60.8 Å². The summed E-state index contributed by atoms with van der Waals surface area (Å²) < 4.78 is 0. The highest BCUT2D eigenvalue weighted by Crippen LogP contribution is 2.43. The Morgan fingerprint density at radius 2 is 2.00 bits per heavy atom. The standard InChI is InChI=1S/C19H21NO/c21-19(16-6-1-5-15(12-16)13-9-10-13)17-8-2-4-14-7-3-11-20-18(14)17/h1,3,5-7,11-13,17,19,21H,2,4,8-10H2. The first kappa shape index (κ1) is 13.0. The fourth-order valence-electron chi connectivity index (χ4n) is 3.60. The average molecular weight is 279 g/mol. The van der Waals surface area contributed by atoms with Crippen molar-refractivity contribution in [2.45, 2.75) is 50.0 Å². The molecule has 0 saturated heterocycles. The summed E-state index contributed by atoms with van der Waals surface area (Å²) in [7, 11) is 0. The summed E-state index contributed by atoms with van der Waals surface area (Å²) in [6.07, 6.45) is 7.28. The highest BCUT2D eigenvalue weighted by atomic mass is 16.3. The van der Waals surface area contributed by atoms with Gasteiger partial charge >= 0.3 is 0 Å². The largest absolute Gasteiger partial charge is 0.388 e. The molecule has 2 aliphatic rings. The molecule has 1 heterocycles. The van der Waals surface area contributed by atoms with Gasteiger partial charge in [0.25, 0.3) is 0 Å². The SMILES string of the molecule is OC(c1cccc(C2CC2)c1)C1CCCc2cccnc21. The lowest BCUT2D eigenvalue weighted by atomic mass is 9.81. The van der Waals surface area contributed by atoms with Crippen LogP contribution in [0, 0.1) is 0 Å². The van der Waals surface area contributed by atoms with Crippen LogP contribution in [-0.2, 0) is 6.42 Å². The number of pyridine rings is 1. The molecule has 0 aliphatic heterocycles. The van der Waals surface area contributed by atoms with Gasteiger partial charge in [-0.25, -0.2) is 0 Å². The molecule has 2 aromatic rings. The van der Waals surface area contributed by atoms with Crippen LogP contribution in [0.15, 0.2) is 42.6 Å². The van der Waals surface area contributed by atoms with Crippen molar-refractivity contribution in [3.05, 3.63) is 65.0 Å². The van der Waals surface area contributed by atoms with Gasteiger partial charge in [0.1, 0.15) is 0 Å². The zero-order chi connectivity index (χ0) is 14.2. The van der Waals surface area contributed by atoms with Gasteiger partial charge in [-0.3, -0.25) is 4.98 Å². The Kier molecular flexibility index (Phi) is 3.27. The third kappa shape index (κ3) is 2.49. The second-order valence-electron chi connectivity index (χ2n) is 6.44. The number of rotatable bonds is 3. The number of hydrogen-bond acceptors (Lipinski definition) is 2. The lowest BCUT2D eigenvalue weighted by Gasteiger charge is -2.28. The van der Waals surface area contributed by atoms with Crippen LogP contribution in [-0.4, -0.2) is 10.1 Å². The van der Waals surface area contributed by atoms with Crippen LogP contribution in [0.3, 0.4) is 0 Å². The number of aromatic nitrogens is 1. The Morgan fingerprint density at radius 3 is 2.86 bits per heavy atom. The van der Waals surface area contributed by atoms with Crippen molar-refractivity contribution in [1.82, 2.24) is 4.98 Å². The van der Waals surface area contributed by atoms with Gasteiger partial charge in [0, 0.05) is 17.8 Å². The zero-order valence-corrected chi connectivity index (χ0v) is 12.2. The van der Waals surface area contributed by atoms with E-state index in [4.69, 9.17) is 0 Å². The molecule has 21 heavy (non-hydrogen) atoms. The van der Waals surface area contributed by atoms with Crippen molar-refractivity contribution >= 4 is 0 Å². The molecule has 2 heteroatoms. The lowest BCUT2D eigenvalue weighted by molar-refractivity contribution is 0.134. The number of fused-ring (bicyclic) bond motifs is 1. The molecule has 2 nitrogen and oxygen atoms in total. The van der Waals surface area contributed by atoms with Gasteiger partial charge in [0.2, 0.25) is 0 Å². The van der Waals surface area contributed by atoms with E-state index >= 15 is 0 Å². The number of aliphatic hydroxyl groups excluding tert-OH is 1. The number of hydrogen-bond donors (Lipinski definition) is 1. The van der Waals surface area contributed by atoms with E-state index in [2.05, 4.69) is 35.3 Å². The molecule has 0 bridgehead atoms. The fraction of sp³-hybridized carbons (Fsp3) is 0.421. The molecule has 1 saturated carbocycles. The summed E-state index contributed by atoms with van der Waals surface area (Å²) in [5.41, 5.74) is 4.87. The molecule has 1 aromatic heterocycles.